The topological polar surface area (TPSA) is 63.4 Å². The molecule has 0 aromatic heterocycles. The van der Waals surface area contributed by atoms with Gasteiger partial charge in [0.2, 0.25) is 0 Å². The molecule has 0 radical (unpaired) electrons. The van der Waals surface area contributed by atoms with Gasteiger partial charge in [-0.05, 0) is 13.8 Å². The third-order valence-corrected chi connectivity index (χ3v) is 2.02. The third-order valence-electron chi connectivity index (χ3n) is 2.02. The lowest BCUT2D eigenvalue weighted by Gasteiger charge is -2.06. The van der Waals surface area contributed by atoms with Crippen LogP contribution in [0.25, 0.3) is 0 Å². The van der Waals surface area contributed by atoms with Crippen LogP contribution in [0.2, 0.25) is 0 Å². The van der Waals surface area contributed by atoms with Gasteiger partial charge in [-0.15, -0.1) is 0 Å². The summed E-state index contributed by atoms with van der Waals surface area (Å²) in [5, 5.41) is 19.9. The number of nitro benzene ring substituents is 1. The highest BCUT2D eigenvalue weighted by Gasteiger charge is 2.17. The molecule has 0 aliphatic rings. The monoisotopic (exact) mass is 195 g/mol. The summed E-state index contributed by atoms with van der Waals surface area (Å²) >= 11 is 0. The van der Waals surface area contributed by atoms with Gasteiger partial charge in [-0.3, -0.25) is 10.1 Å². The maximum Gasteiger partial charge on any atom is 0.275 e. The summed E-state index contributed by atoms with van der Waals surface area (Å²) in [5.41, 5.74) is 1.34. The number of rotatable bonds is 3. The second kappa shape index (κ2) is 4.19. The van der Waals surface area contributed by atoms with Gasteiger partial charge in [0.05, 0.1) is 11.0 Å². The van der Waals surface area contributed by atoms with E-state index in [2.05, 4.69) is 0 Å². The molecule has 1 aromatic rings. The molecule has 1 aromatic carbocycles. The summed E-state index contributed by atoms with van der Waals surface area (Å²) in [6.07, 6.45) is -0.242. The Morgan fingerprint density at radius 3 is 2.71 bits per heavy atom. The molecule has 0 amide bonds. The lowest BCUT2D eigenvalue weighted by Crippen LogP contribution is -2.07. The Morgan fingerprint density at radius 2 is 2.21 bits per heavy atom. The molecule has 0 bridgehead atoms. The zero-order valence-corrected chi connectivity index (χ0v) is 8.23. The van der Waals surface area contributed by atoms with E-state index in [0.717, 1.165) is 0 Å². The van der Waals surface area contributed by atoms with Gasteiger partial charge in [0, 0.05) is 17.5 Å². The summed E-state index contributed by atoms with van der Waals surface area (Å²) in [6, 6.07) is 5.14. The molecule has 76 valence electrons. The van der Waals surface area contributed by atoms with E-state index in [1.165, 1.54) is 0 Å². The Balaban J connectivity index is 3.14. The normalized spacial score (nSPS) is 12.5. The summed E-state index contributed by atoms with van der Waals surface area (Å²) in [5.74, 6) is 0. The van der Waals surface area contributed by atoms with Gasteiger partial charge in [0.25, 0.3) is 5.69 Å². The van der Waals surface area contributed by atoms with Gasteiger partial charge < -0.3 is 5.11 Å². The van der Waals surface area contributed by atoms with Gasteiger partial charge >= 0.3 is 0 Å². The second-order valence-corrected chi connectivity index (χ2v) is 3.39. The molecule has 1 atom stereocenters. The van der Waals surface area contributed by atoms with Crippen LogP contribution in [-0.2, 0) is 6.42 Å². The maximum absolute atomic E-state index is 10.7. The fraction of sp³-hybridized carbons (Fsp3) is 0.400. The second-order valence-electron chi connectivity index (χ2n) is 3.39. The van der Waals surface area contributed by atoms with Crippen molar-refractivity contribution in [2.45, 2.75) is 26.4 Å². The van der Waals surface area contributed by atoms with Crippen LogP contribution in [0.4, 0.5) is 5.69 Å². The van der Waals surface area contributed by atoms with E-state index in [4.69, 9.17) is 0 Å². The van der Waals surface area contributed by atoms with Gasteiger partial charge in [-0.2, -0.15) is 0 Å². The molecule has 0 fully saturated rings. The van der Waals surface area contributed by atoms with Crippen molar-refractivity contribution in [3.8, 4) is 0 Å². The van der Waals surface area contributed by atoms with Crippen molar-refractivity contribution in [3.63, 3.8) is 0 Å². The highest BCUT2D eigenvalue weighted by Crippen LogP contribution is 2.23. The van der Waals surface area contributed by atoms with Crippen molar-refractivity contribution in [3.05, 3.63) is 39.4 Å². The van der Waals surface area contributed by atoms with E-state index in [-0.39, 0.29) is 5.69 Å². The van der Waals surface area contributed by atoms with Crippen molar-refractivity contribution < 1.29 is 10.0 Å². The zero-order valence-electron chi connectivity index (χ0n) is 8.23. The number of benzene rings is 1. The first-order chi connectivity index (χ1) is 6.52. The first kappa shape index (κ1) is 10.7. The average Bonchev–Trinajstić information content (AvgIpc) is 2.01. The molecule has 0 saturated carbocycles. The fourth-order valence-electron chi connectivity index (χ4n) is 1.46. The quantitative estimate of drug-likeness (QED) is 0.591. The van der Waals surface area contributed by atoms with Gasteiger partial charge in [0.1, 0.15) is 0 Å². The minimum atomic E-state index is -0.560. The van der Waals surface area contributed by atoms with Crippen LogP contribution in [-0.4, -0.2) is 16.1 Å². The SMILES string of the molecule is Cc1cccc(CC(C)O)c1[N+](=O)[O-]. The van der Waals surface area contributed by atoms with E-state index < -0.39 is 11.0 Å². The average molecular weight is 195 g/mol. The molecule has 0 heterocycles. The molecule has 1 N–H and O–H groups in total. The highest BCUT2D eigenvalue weighted by molar-refractivity contribution is 5.47. The third kappa shape index (κ3) is 2.29. The fourth-order valence-corrected chi connectivity index (χ4v) is 1.46. The minimum Gasteiger partial charge on any atom is -0.393 e. The number of aliphatic hydroxyl groups is 1. The number of hydrogen-bond donors (Lipinski definition) is 1. The standard InChI is InChI=1S/C10H13NO3/c1-7-4-3-5-9(6-8(2)12)10(7)11(13)14/h3-5,8,12H,6H2,1-2H3. The van der Waals surface area contributed by atoms with E-state index in [1.54, 1.807) is 32.0 Å². The van der Waals surface area contributed by atoms with Crippen LogP contribution in [0, 0.1) is 17.0 Å². The van der Waals surface area contributed by atoms with Crippen LogP contribution >= 0.6 is 0 Å². The molecule has 0 aliphatic carbocycles. The Labute approximate surface area is 82.3 Å². The number of aliphatic hydroxyl groups excluding tert-OH is 1. The van der Waals surface area contributed by atoms with E-state index >= 15 is 0 Å². The Kier molecular flexibility index (Phi) is 3.19. The molecule has 0 aliphatic heterocycles. The Bertz CT molecular complexity index is 347. The van der Waals surface area contributed by atoms with E-state index in [9.17, 15) is 15.2 Å². The minimum absolute atomic E-state index is 0.119. The van der Waals surface area contributed by atoms with Gasteiger partial charge in [-0.25, -0.2) is 0 Å². The summed E-state index contributed by atoms with van der Waals surface area (Å²) in [7, 11) is 0. The smallest absolute Gasteiger partial charge is 0.275 e. The molecule has 1 unspecified atom stereocenters. The first-order valence-corrected chi connectivity index (χ1v) is 4.43. The molecule has 4 heteroatoms. The van der Waals surface area contributed by atoms with Crippen LogP contribution in [0.1, 0.15) is 18.1 Å². The Hall–Kier alpha value is -1.42. The summed E-state index contributed by atoms with van der Waals surface area (Å²) < 4.78 is 0. The van der Waals surface area contributed by atoms with Gasteiger partial charge in [-0.1, -0.05) is 18.2 Å². The number of hydrogen-bond acceptors (Lipinski definition) is 3. The largest absolute Gasteiger partial charge is 0.393 e. The van der Waals surface area contributed by atoms with Crippen molar-refractivity contribution >= 4 is 5.69 Å². The lowest BCUT2D eigenvalue weighted by molar-refractivity contribution is -0.386. The van der Waals surface area contributed by atoms with Crippen molar-refractivity contribution in [2.24, 2.45) is 0 Å². The molecule has 0 spiro atoms. The molecule has 14 heavy (non-hydrogen) atoms. The maximum atomic E-state index is 10.7. The summed E-state index contributed by atoms with van der Waals surface area (Å²) in [6.45, 7) is 3.32. The lowest BCUT2D eigenvalue weighted by atomic mass is 10.0. The molecule has 0 saturated heterocycles. The molecule has 4 nitrogen and oxygen atoms in total. The Morgan fingerprint density at radius 1 is 1.57 bits per heavy atom. The van der Waals surface area contributed by atoms with Crippen LogP contribution < -0.4 is 0 Å². The number of aryl methyl sites for hydroxylation is 1. The number of nitrogens with zero attached hydrogens (tertiary/aromatic N) is 1. The predicted octanol–water partition coefficient (Wildman–Crippen LogP) is 1.83. The van der Waals surface area contributed by atoms with Crippen LogP contribution in [0.15, 0.2) is 18.2 Å². The van der Waals surface area contributed by atoms with Crippen LogP contribution in [0.3, 0.4) is 0 Å². The molecule has 1 rings (SSSR count). The zero-order chi connectivity index (χ0) is 10.7. The van der Waals surface area contributed by atoms with Crippen molar-refractivity contribution in [1.29, 1.82) is 0 Å². The number of nitro groups is 1. The van der Waals surface area contributed by atoms with E-state index in [0.29, 0.717) is 17.5 Å². The first-order valence-electron chi connectivity index (χ1n) is 4.43. The molecular weight excluding hydrogens is 182 g/mol. The van der Waals surface area contributed by atoms with Gasteiger partial charge in [0.15, 0.2) is 0 Å². The predicted molar refractivity (Wildman–Crippen MR) is 53.2 cm³/mol. The number of para-hydroxylation sites is 1. The summed E-state index contributed by atoms with van der Waals surface area (Å²) in [4.78, 5) is 10.4. The molecular formula is C10H13NO3. The highest BCUT2D eigenvalue weighted by atomic mass is 16.6. The van der Waals surface area contributed by atoms with Crippen molar-refractivity contribution in [2.75, 3.05) is 0 Å². The van der Waals surface area contributed by atoms with Crippen molar-refractivity contribution in [1.82, 2.24) is 0 Å². The van der Waals surface area contributed by atoms with Crippen LogP contribution in [0.5, 0.6) is 0 Å². The van der Waals surface area contributed by atoms with E-state index in [1.807, 2.05) is 0 Å².